The number of para-hydroxylation sites is 4. The van der Waals surface area contributed by atoms with Crippen LogP contribution in [0.15, 0.2) is 437 Å². The van der Waals surface area contributed by atoms with Crippen molar-refractivity contribution in [2.45, 2.75) is 6.42 Å². The van der Waals surface area contributed by atoms with Gasteiger partial charge < -0.3 is 0 Å². The largest absolute Gasteiger partial charge is 0.278 e. The van der Waals surface area contributed by atoms with Gasteiger partial charge in [0.15, 0.2) is 58.2 Å². The Morgan fingerprint density at radius 3 is 0.637 bits per heavy atom. The van der Waals surface area contributed by atoms with Gasteiger partial charge >= 0.3 is 0 Å². The van der Waals surface area contributed by atoms with E-state index in [2.05, 4.69) is 137 Å². The highest BCUT2D eigenvalue weighted by Crippen LogP contribution is 2.43. The van der Waals surface area contributed by atoms with E-state index in [9.17, 15) is 0 Å². The number of hydrogen-bond donors (Lipinski definition) is 0. The van der Waals surface area contributed by atoms with Crippen molar-refractivity contribution in [3.63, 3.8) is 0 Å². The topological polar surface area (TPSA) is 242 Å². The number of nitrogens with zero attached hydrogens (tertiary/aromatic N) is 20. The molecule has 24 aromatic rings. The molecular weight excluding hydrogens is 1660 g/mol. The van der Waals surface area contributed by atoms with Crippen LogP contribution >= 0.6 is 0 Å². The molecule has 8 heterocycles. The summed E-state index contributed by atoms with van der Waals surface area (Å²) in [5, 5.41) is 4.49. The molecule has 0 aliphatic heterocycles. The summed E-state index contributed by atoms with van der Waals surface area (Å²) < 4.78 is 4.17. The van der Waals surface area contributed by atoms with Crippen molar-refractivity contribution in [1.82, 2.24) is 98.8 Å². The van der Waals surface area contributed by atoms with Crippen LogP contribution in [0.3, 0.4) is 0 Å². The SMILES string of the molecule is c1ccc(-c2ccc(-c3nc(-c4ccccc4)nc(-c4nc(-c5ccccc5)nc(-n5c6ccccc6c6ccccc65)n4)n3)cc2)cc1.c1ccc(-c2nc(-c3ccccc3)nc(-c3nc(-c4ccccc4)nc(-c4cccc5c4Cc4ccccc4-5)n3)n2)cc1.c1ccc(-c2nc(-c3ccccc3)nc(-c3nc(-c4ccccc4)nc(-n4c5ccccc5c5ccccc54)n3)n2)cc1. The molecule has 135 heavy (non-hydrogen) atoms. The standard InChI is InChI=1S/C42H27N7.C37H24N6.C36H23N7/c1-4-14-28(15-5-1)29-24-26-32(27-25-29)38-43-37(30-16-6-2-7-17-30)44-40(45-38)41-46-39(31-18-8-3-9-19-31)47-42(48-41)49-35-22-12-10-20-33(35)34-21-11-13-23-36(34)49;1-4-13-24(14-5-1)32-38-33(25-15-6-2-7-16-25)41-36(40-32)37-42-34(26-17-8-3-9-18-26)39-35(43-37)30-22-12-21-29-28-20-11-10-19-27(28)23-31(29)30;1-4-14-24(15-5-1)31-37-32(25-16-6-2-7-17-25)39-34(38-31)35-40-33(26-18-8-3-9-19-26)41-36(42-35)43-29-22-12-10-20-27(29)28-21-11-13-23-30(28)43/h1-27H;1-22H,23H2;1-23H. The minimum absolute atomic E-state index is 0.354. The lowest BCUT2D eigenvalue weighted by atomic mass is 10.0. The normalized spacial score (nSPS) is 11.4. The average molecular weight is 1740 g/mol. The Morgan fingerprint density at radius 2 is 0.326 bits per heavy atom. The summed E-state index contributed by atoms with van der Waals surface area (Å²) in [6.07, 6.45) is 0.825. The molecule has 1 aliphatic rings. The van der Waals surface area contributed by atoms with Gasteiger partial charge in [0.05, 0.1) is 22.1 Å². The molecule has 0 spiro atoms. The lowest BCUT2D eigenvalue weighted by molar-refractivity contribution is 0.934. The smallest absolute Gasteiger partial charge is 0.238 e. The van der Waals surface area contributed by atoms with E-state index in [1.807, 2.05) is 309 Å². The second-order valence-electron chi connectivity index (χ2n) is 32.1. The maximum absolute atomic E-state index is 5.08. The molecule has 20 heteroatoms. The van der Waals surface area contributed by atoms with Crippen molar-refractivity contribution < 1.29 is 0 Å². The first-order valence-corrected chi connectivity index (χ1v) is 44.2. The highest BCUT2D eigenvalue weighted by molar-refractivity contribution is 6.10. The molecule has 0 radical (unpaired) electrons. The molecule has 0 amide bonds. The van der Waals surface area contributed by atoms with Crippen molar-refractivity contribution in [2.75, 3.05) is 0 Å². The van der Waals surface area contributed by atoms with Gasteiger partial charge in [-0.25, -0.2) is 69.8 Å². The molecular formula is C115H74N20. The third-order valence-corrected chi connectivity index (χ3v) is 23.5. The maximum Gasteiger partial charge on any atom is 0.238 e. The first-order valence-electron chi connectivity index (χ1n) is 44.2. The van der Waals surface area contributed by atoms with Crippen LogP contribution in [0, 0.1) is 0 Å². The third-order valence-electron chi connectivity index (χ3n) is 23.5. The van der Waals surface area contributed by atoms with E-state index in [1.54, 1.807) is 0 Å². The van der Waals surface area contributed by atoms with Gasteiger partial charge in [0.25, 0.3) is 0 Å². The quantitative estimate of drug-likeness (QED) is 0.0873. The zero-order valence-electron chi connectivity index (χ0n) is 72.2. The minimum Gasteiger partial charge on any atom is -0.278 e. The van der Waals surface area contributed by atoms with E-state index >= 15 is 0 Å². The lowest BCUT2D eigenvalue weighted by Gasteiger charge is -2.12. The number of fused-ring (bicyclic) bond motifs is 9. The molecule has 0 atom stereocenters. The molecule has 16 aromatic carbocycles. The predicted molar refractivity (Wildman–Crippen MR) is 533 cm³/mol. The van der Waals surface area contributed by atoms with Crippen molar-refractivity contribution in [3.05, 3.63) is 448 Å². The van der Waals surface area contributed by atoms with E-state index in [0.29, 0.717) is 105 Å². The summed E-state index contributed by atoms with van der Waals surface area (Å²) in [4.78, 5) is 89.2. The Kier molecular flexibility index (Phi) is 21.5. The number of benzene rings is 16. The summed E-state index contributed by atoms with van der Waals surface area (Å²) in [6, 6.07) is 146. The highest BCUT2D eigenvalue weighted by atomic mass is 15.2. The summed E-state index contributed by atoms with van der Waals surface area (Å²) in [6.45, 7) is 0. The van der Waals surface area contributed by atoms with Crippen LogP contribution in [0.25, 0.3) is 227 Å². The van der Waals surface area contributed by atoms with E-state index in [1.165, 1.54) is 22.3 Å². The van der Waals surface area contributed by atoms with Crippen LogP contribution in [-0.2, 0) is 6.42 Å². The molecule has 0 saturated carbocycles. The van der Waals surface area contributed by atoms with Crippen molar-refractivity contribution in [1.29, 1.82) is 0 Å². The predicted octanol–water partition coefficient (Wildman–Crippen LogP) is 25.3. The van der Waals surface area contributed by atoms with Crippen LogP contribution in [0.5, 0.6) is 0 Å². The van der Waals surface area contributed by atoms with Gasteiger partial charge in [-0.2, -0.15) is 19.9 Å². The minimum atomic E-state index is 0.354. The molecule has 25 rings (SSSR count). The summed E-state index contributed by atoms with van der Waals surface area (Å²) >= 11 is 0. The first-order chi connectivity index (χ1) is 66.9. The highest BCUT2D eigenvalue weighted by Gasteiger charge is 2.28. The lowest BCUT2D eigenvalue weighted by Crippen LogP contribution is -2.09. The molecule has 0 fully saturated rings. The van der Waals surface area contributed by atoms with Crippen LogP contribution in [0.2, 0.25) is 0 Å². The molecule has 20 nitrogen and oxygen atoms in total. The van der Waals surface area contributed by atoms with Gasteiger partial charge in [-0.05, 0) is 64.1 Å². The Balaban J connectivity index is 0.000000114. The number of hydrogen-bond acceptors (Lipinski definition) is 18. The molecule has 1 aliphatic carbocycles. The second kappa shape index (κ2) is 36.0. The fraction of sp³-hybridized carbons (Fsp3) is 0.00870. The van der Waals surface area contributed by atoms with Gasteiger partial charge in [-0.15, -0.1) is 0 Å². The van der Waals surface area contributed by atoms with E-state index in [4.69, 9.17) is 89.7 Å². The fourth-order valence-corrected chi connectivity index (χ4v) is 17.1. The molecule has 0 saturated heterocycles. The van der Waals surface area contributed by atoms with Crippen molar-refractivity contribution >= 4 is 43.6 Å². The molecule has 0 bridgehead atoms. The summed E-state index contributed by atoms with van der Waals surface area (Å²) in [5.41, 5.74) is 20.1. The summed E-state index contributed by atoms with van der Waals surface area (Å²) in [5.74, 6) is 8.70. The third kappa shape index (κ3) is 16.4. The molecule has 0 unspecified atom stereocenters. The molecule has 634 valence electrons. The Hall–Kier alpha value is -18.8. The average Bonchev–Trinajstić information content (AvgIpc) is 1.58. The van der Waals surface area contributed by atoms with Gasteiger partial charge in [0.1, 0.15) is 0 Å². The van der Waals surface area contributed by atoms with Crippen LogP contribution < -0.4 is 0 Å². The van der Waals surface area contributed by atoms with Gasteiger partial charge in [0.2, 0.25) is 46.8 Å². The van der Waals surface area contributed by atoms with Gasteiger partial charge in [-0.3, -0.25) is 9.13 Å². The molecule has 0 N–H and O–H groups in total. The Bertz CT molecular complexity index is 8260. The van der Waals surface area contributed by atoms with Crippen LogP contribution in [0.4, 0.5) is 0 Å². The molecule has 8 aromatic heterocycles. The number of aromatic nitrogens is 20. The zero-order valence-corrected chi connectivity index (χ0v) is 72.2. The summed E-state index contributed by atoms with van der Waals surface area (Å²) in [7, 11) is 0. The van der Waals surface area contributed by atoms with Gasteiger partial charge in [-0.1, -0.05) is 413 Å². The fourth-order valence-electron chi connectivity index (χ4n) is 17.1. The zero-order chi connectivity index (χ0) is 89.8. The van der Waals surface area contributed by atoms with Crippen LogP contribution in [-0.4, -0.2) is 98.8 Å². The second-order valence-corrected chi connectivity index (χ2v) is 32.1. The maximum atomic E-state index is 5.08. The number of rotatable bonds is 16. The van der Waals surface area contributed by atoms with E-state index < -0.39 is 0 Å². The van der Waals surface area contributed by atoms with E-state index in [0.717, 1.165) is 117 Å². The van der Waals surface area contributed by atoms with Crippen molar-refractivity contribution in [3.8, 4) is 183 Å². The Labute approximate surface area is 774 Å². The van der Waals surface area contributed by atoms with Crippen molar-refractivity contribution in [2.24, 2.45) is 0 Å². The van der Waals surface area contributed by atoms with Gasteiger partial charge in [0, 0.05) is 77.2 Å². The first kappa shape index (κ1) is 80.7. The van der Waals surface area contributed by atoms with E-state index in [-0.39, 0.29) is 0 Å². The Morgan fingerprint density at radius 1 is 0.133 bits per heavy atom. The van der Waals surface area contributed by atoms with Crippen LogP contribution in [0.1, 0.15) is 11.1 Å². The monoisotopic (exact) mass is 1730 g/mol.